The molecule has 0 saturated heterocycles. The number of amides is 1. The molecule has 0 saturated carbocycles. The number of hydrogen-bond donors (Lipinski definition) is 2. The number of rotatable bonds is 6. The topological polar surface area (TPSA) is 75.3 Å². The van der Waals surface area contributed by atoms with Crippen molar-refractivity contribution in [3.8, 4) is 0 Å². The van der Waals surface area contributed by atoms with Gasteiger partial charge in [0.15, 0.2) is 0 Å². The molecule has 0 aliphatic carbocycles. The summed E-state index contributed by atoms with van der Waals surface area (Å²) in [7, 11) is -3.78. The molecule has 27 heavy (non-hydrogen) atoms. The highest BCUT2D eigenvalue weighted by Crippen LogP contribution is 2.20. The molecule has 2 N–H and O–H groups in total. The van der Waals surface area contributed by atoms with Gasteiger partial charge < -0.3 is 5.32 Å². The largest absolute Gasteiger partial charge is 0.348 e. The van der Waals surface area contributed by atoms with Crippen LogP contribution in [0.25, 0.3) is 0 Å². The van der Waals surface area contributed by atoms with E-state index in [9.17, 15) is 13.2 Å². The van der Waals surface area contributed by atoms with Gasteiger partial charge in [-0.2, -0.15) is 0 Å². The molecule has 0 atom stereocenters. The number of benzene rings is 3. The van der Waals surface area contributed by atoms with E-state index in [4.69, 9.17) is 0 Å². The maximum absolute atomic E-state index is 12.6. The second kappa shape index (κ2) is 8.05. The average molecular weight is 380 g/mol. The maximum Gasteiger partial charge on any atom is 0.261 e. The van der Waals surface area contributed by atoms with E-state index in [1.165, 1.54) is 12.1 Å². The van der Waals surface area contributed by atoms with Crippen molar-refractivity contribution in [1.29, 1.82) is 0 Å². The smallest absolute Gasteiger partial charge is 0.261 e. The van der Waals surface area contributed by atoms with Gasteiger partial charge in [0.05, 0.1) is 16.1 Å². The molecule has 1 amide bonds. The fourth-order valence-electron chi connectivity index (χ4n) is 2.56. The zero-order valence-corrected chi connectivity index (χ0v) is 15.7. The maximum atomic E-state index is 12.6. The first-order chi connectivity index (χ1) is 13.0. The van der Waals surface area contributed by atoms with E-state index in [1.54, 1.807) is 36.4 Å². The molecule has 0 heterocycles. The Morgan fingerprint density at radius 1 is 0.852 bits per heavy atom. The van der Waals surface area contributed by atoms with Gasteiger partial charge in [0.2, 0.25) is 0 Å². The molecule has 0 bridgehead atoms. The summed E-state index contributed by atoms with van der Waals surface area (Å²) in [5.74, 6) is -0.346. The van der Waals surface area contributed by atoms with E-state index in [0.29, 0.717) is 6.54 Å². The summed E-state index contributed by atoms with van der Waals surface area (Å²) in [4.78, 5) is 12.7. The Hall–Kier alpha value is -3.12. The van der Waals surface area contributed by atoms with Crippen molar-refractivity contribution in [3.63, 3.8) is 0 Å². The number of sulfonamides is 1. The second-order valence-corrected chi connectivity index (χ2v) is 7.81. The average Bonchev–Trinajstić information content (AvgIpc) is 2.67. The van der Waals surface area contributed by atoms with Crippen LogP contribution in [0.2, 0.25) is 0 Å². The Bertz CT molecular complexity index is 1030. The van der Waals surface area contributed by atoms with Crippen molar-refractivity contribution in [2.45, 2.75) is 18.4 Å². The molecule has 0 radical (unpaired) electrons. The molecule has 0 unspecified atom stereocenters. The Labute approximate surface area is 159 Å². The van der Waals surface area contributed by atoms with Crippen molar-refractivity contribution >= 4 is 21.6 Å². The van der Waals surface area contributed by atoms with Crippen molar-refractivity contribution in [2.75, 3.05) is 4.72 Å². The first kappa shape index (κ1) is 18.7. The molecule has 0 aliphatic heterocycles. The molecular formula is C21H20N2O3S. The number of para-hydroxylation sites is 1. The zero-order chi connectivity index (χ0) is 19.3. The van der Waals surface area contributed by atoms with E-state index in [2.05, 4.69) is 10.0 Å². The Balaban J connectivity index is 1.79. The predicted octanol–water partition coefficient (Wildman–Crippen LogP) is 3.73. The van der Waals surface area contributed by atoms with Crippen LogP contribution in [0.5, 0.6) is 0 Å². The van der Waals surface area contributed by atoms with Crippen LogP contribution in [-0.2, 0) is 16.6 Å². The first-order valence-electron chi connectivity index (χ1n) is 8.46. The van der Waals surface area contributed by atoms with Gasteiger partial charge in [-0.1, -0.05) is 60.2 Å². The highest BCUT2D eigenvalue weighted by atomic mass is 32.2. The lowest BCUT2D eigenvalue weighted by atomic mass is 10.1. The highest BCUT2D eigenvalue weighted by Gasteiger charge is 2.18. The fourth-order valence-corrected chi connectivity index (χ4v) is 3.64. The molecule has 6 heteroatoms. The normalized spacial score (nSPS) is 11.0. The lowest BCUT2D eigenvalue weighted by Crippen LogP contribution is -2.25. The monoisotopic (exact) mass is 380 g/mol. The van der Waals surface area contributed by atoms with Gasteiger partial charge in [-0.05, 0) is 36.8 Å². The number of carbonyl (C=O) groups is 1. The van der Waals surface area contributed by atoms with Crippen LogP contribution < -0.4 is 10.0 Å². The van der Waals surface area contributed by atoms with Gasteiger partial charge in [-0.15, -0.1) is 0 Å². The SMILES string of the molecule is Cc1ccc(S(=O)(=O)Nc2ccccc2C(=O)NCc2ccccc2)cc1. The van der Waals surface area contributed by atoms with Gasteiger partial charge in [0, 0.05) is 6.54 Å². The van der Waals surface area contributed by atoms with Crippen molar-refractivity contribution in [2.24, 2.45) is 0 Å². The van der Waals surface area contributed by atoms with Gasteiger partial charge in [0.1, 0.15) is 0 Å². The molecule has 0 aliphatic rings. The number of anilines is 1. The van der Waals surface area contributed by atoms with Crippen LogP contribution in [0.15, 0.2) is 83.8 Å². The molecule has 3 aromatic rings. The van der Waals surface area contributed by atoms with Crippen LogP contribution in [0, 0.1) is 6.92 Å². The van der Waals surface area contributed by atoms with E-state index >= 15 is 0 Å². The molecule has 0 aromatic heterocycles. The first-order valence-corrected chi connectivity index (χ1v) is 9.95. The van der Waals surface area contributed by atoms with E-state index in [1.807, 2.05) is 37.3 Å². The summed E-state index contributed by atoms with van der Waals surface area (Å²) in [6, 6.07) is 22.6. The summed E-state index contributed by atoms with van der Waals surface area (Å²) in [5, 5.41) is 2.81. The third kappa shape index (κ3) is 4.74. The van der Waals surface area contributed by atoms with Gasteiger partial charge in [-0.3, -0.25) is 9.52 Å². The zero-order valence-electron chi connectivity index (χ0n) is 14.8. The van der Waals surface area contributed by atoms with Gasteiger partial charge in [-0.25, -0.2) is 8.42 Å². The molecule has 0 spiro atoms. The fraction of sp³-hybridized carbons (Fsp3) is 0.0952. The Kier molecular flexibility index (Phi) is 5.57. The predicted molar refractivity (Wildman–Crippen MR) is 106 cm³/mol. The van der Waals surface area contributed by atoms with Gasteiger partial charge >= 0.3 is 0 Å². The lowest BCUT2D eigenvalue weighted by molar-refractivity contribution is 0.0952. The van der Waals surface area contributed by atoms with Crippen LogP contribution in [0.1, 0.15) is 21.5 Å². The minimum atomic E-state index is -3.78. The summed E-state index contributed by atoms with van der Waals surface area (Å²) < 4.78 is 27.8. The van der Waals surface area contributed by atoms with Crippen molar-refractivity contribution in [1.82, 2.24) is 5.32 Å². The third-order valence-electron chi connectivity index (χ3n) is 4.04. The third-order valence-corrected chi connectivity index (χ3v) is 5.42. The van der Waals surface area contributed by atoms with E-state index in [-0.39, 0.29) is 22.1 Å². The number of carbonyl (C=O) groups excluding carboxylic acids is 1. The van der Waals surface area contributed by atoms with Crippen LogP contribution in [-0.4, -0.2) is 14.3 Å². The molecule has 0 fully saturated rings. The quantitative estimate of drug-likeness (QED) is 0.684. The molecule has 138 valence electrons. The summed E-state index contributed by atoms with van der Waals surface area (Å²) in [5.41, 5.74) is 2.44. The minimum absolute atomic E-state index is 0.146. The molecule has 3 aromatic carbocycles. The molecule has 5 nitrogen and oxygen atoms in total. The van der Waals surface area contributed by atoms with Crippen LogP contribution in [0.3, 0.4) is 0 Å². The molecule has 3 rings (SSSR count). The number of nitrogens with one attached hydrogen (secondary N) is 2. The standard InChI is InChI=1S/C21H20N2O3S/c1-16-11-13-18(14-12-16)27(25,26)23-20-10-6-5-9-19(20)21(24)22-15-17-7-3-2-4-8-17/h2-14,23H,15H2,1H3,(H,22,24). The Morgan fingerprint density at radius 3 is 2.19 bits per heavy atom. The lowest BCUT2D eigenvalue weighted by Gasteiger charge is -2.13. The van der Waals surface area contributed by atoms with Crippen molar-refractivity contribution < 1.29 is 13.2 Å². The summed E-state index contributed by atoms with van der Waals surface area (Å²) >= 11 is 0. The van der Waals surface area contributed by atoms with Gasteiger partial charge in [0.25, 0.3) is 15.9 Å². The van der Waals surface area contributed by atoms with E-state index < -0.39 is 10.0 Å². The van der Waals surface area contributed by atoms with E-state index in [0.717, 1.165) is 11.1 Å². The number of aryl methyl sites for hydroxylation is 1. The number of hydrogen-bond acceptors (Lipinski definition) is 3. The minimum Gasteiger partial charge on any atom is -0.348 e. The second-order valence-electron chi connectivity index (χ2n) is 6.13. The molecular weight excluding hydrogens is 360 g/mol. The van der Waals surface area contributed by atoms with Crippen molar-refractivity contribution in [3.05, 3.63) is 95.6 Å². The summed E-state index contributed by atoms with van der Waals surface area (Å²) in [6.07, 6.45) is 0. The summed E-state index contributed by atoms with van der Waals surface area (Å²) in [6.45, 7) is 2.24. The Morgan fingerprint density at radius 2 is 1.48 bits per heavy atom. The highest BCUT2D eigenvalue weighted by molar-refractivity contribution is 7.92. The van der Waals surface area contributed by atoms with Crippen LogP contribution in [0.4, 0.5) is 5.69 Å². The van der Waals surface area contributed by atoms with Crippen LogP contribution >= 0.6 is 0 Å².